The van der Waals surface area contributed by atoms with E-state index in [1.807, 2.05) is 6.92 Å². The summed E-state index contributed by atoms with van der Waals surface area (Å²) >= 11 is 0. The zero-order chi connectivity index (χ0) is 10.8. The van der Waals surface area contributed by atoms with Crippen molar-refractivity contribution >= 4 is 0 Å². The monoisotopic (exact) mass is 208 g/mol. The van der Waals surface area contributed by atoms with Gasteiger partial charge in [-0.1, -0.05) is 6.92 Å². The number of nitrogens with one attached hydrogen (secondary N) is 1. The van der Waals surface area contributed by atoms with Crippen molar-refractivity contribution in [2.45, 2.75) is 13.3 Å². The van der Waals surface area contributed by atoms with E-state index in [1.165, 1.54) is 12.1 Å². The van der Waals surface area contributed by atoms with E-state index in [1.54, 1.807) is 6.07 Å². The molecular formula is C11H10F2N2. The Labute approximate surface area is 85.9 Å². The topological polar surface area (TPSA) is 28.7 Å². The van der Waals surface area contributed by atoms with Gasteiger partial charge in [-0.15, -0.1) is 0 Å². The number of rotatable bonds is 2. The maximum atomic E-state index is 13.4. The minimum Gasteiger partial charge on any atom is -0.282 e. The summed E-state index contributed by atoms with van der Waals surface area (Å²) < 4.78 is 26.0. The van der Waals surface area contributed by atoms with Crippen molar-refractivity contribution in [2.24, 2.45) is 0 Å². The molecule has 0 amide bonds. The zero-order valence-corrected chi connectivity index (χ0v) is 8.22. The summed E-state index contributed by atoms with van der Waals surface area (Å²) in [6, 6.07) is 5.23. The Kier molecular flexibility index (Phi) is 2.49. The number of aromatic amines is 1. The van der Waals surface area contributed by atoms with Crippen molar-refractivity contribution in [2.75, 3.05) is 0 Å². The van der Waals surface area contributed by atoms with Crippen LogP contribution in [0.2, 0.25) is 0 Å². The molecule has 0 aliphatic carbocycles. The Bertz CT molecular complexity index is 477. The van der Waals surface area contributed by atoms with Crippen LogP contribution in [0.25, 0.3) is 11.3 Å². The summed E-state index contributed by atoms with van der Waals surface area (Å²) in [5.41, 5.74) is 1.74. The molecule has 0 unspecified atom stereocenters. The molecule has 1 aromatic carbocycles. The van der Waals surface area contributed by atoms with E-state index >= 15 is 0 Å². The number of hydrogen-bond donors (Lipinski definition) is 1. The molecule has 0 saturated carbocycles. The lowest BCUT2D eigenvalue weighted by Crippen LogP contribution is -1.86. The third-order valence-electron chi connectivity index (χ3n) is 2.22. The van der Waals surface area contributed by atoms with Gasteiger partial charge in [-0.05, 0) is 24.6 Å². The third kappa shape index (κ3) is 1.88. The highest BCUT2D eigenvalue weighted by atomic mass is 19.1. The van der Waals surface area contributed by atoms with Gasteiger partial charge in [0.2, 0.25) is 0 Å². The Morgan fingerprint density at radius 3 is 2.67 bits per heavy atom. The van der Waals surface area contributed by atoms with Crippen LogP contribution in [0.15, 0.2) is 24.3 Å². The van der Waals surface area contributed by atoms with Crippen molar-refractivity contribution in [3.8, 4) is 11.3 Å². The van der Waals surface area contributed by atoms with Crippen LogP contribution in [-0.2, 0) is 6.42 Å². The van der Waals surface area contributed by atoms with E-state index < -0.39 is 11.6 Å². The number of aromatic nitrogens is 2. The van der Waals surface area contributed by atoms with Gasteiger partial charge >= 0.3 is 0 Å². The van der Waals surface area contributed by atoms with E-state index in [-0.39, 0.29) is 0 Å². The van der Waals surface area contributed by atoms with Crippen molar-refractivity contribution in [3.63, 3.8) is 0 Å². The molecule has 0 aliphatic heterocycles. The molecule has 1 aromatic heterocycles. The highest BCUT2D eigenvalue weighted by Gasteiger charge is 2.09. The number of hydrogen-bond acceptors (Lipinski definition) is 1. The average Bonchev–Trinajstić information content (AvgIpc) is 2.66. The van der Waals surface area contributed by atoms with Crippen LogP contribution in [0.4, 0.5) is 8.78 Å². The Balaban J connectivity index is 2.44. The fourth-order valence-corrected chi connectivity index (χ4v) is 1.38. The summed E-state index contributed by atoms with van der Waals surface area (Å²) in [5, 5.41) is 6.75. The standard InChI is InChI=1S/C11H10F2N2/c1-2-8-6-11(15-14-8)9-4-3-7(12)5-10(9)13/h3-6H,2H2,1H3,(H,14,15). The molecule has 0 radical (unpaired) electrons. The second-order valence-electron chi connectivity index (χ2n) is 3.26. The van der Waals surface area contributed by atoms with Gasteiger partial charge in [-0.3, -0.25) is 5.10 Å². The minimum absolute atomic E-state index is 0.312. The second-order valence-corrected chi connectivity index (χ2v) is 3.26. The SMILES string of the molecule is CCc1cc(-c2ccc(F)cc2F)n[nH]1. The van der Waals surface area contributed by atoms with Gasteiger partial charge in [0.25, 0.3) is 0 Å². The molecule has 0 atom stereocenters. The van der Waals surface area contributed by atoms with Crippen molar-refractivity contribution < 1.29 is 8.78 Å². The maximum absolute atomic E-state index is 13.4. The third-order valence-corrected chi connectivity index (χ3v) is 2.22. The Morgan fingerprint density at radius 1 is 1.27 bits per heavy atom. The highest BCUT2D eigenvalue weighted by molar-refractivity contribution is 5.59. The first kappa shape index (κ1) is 9.83. The molecule has 0 fully saturated rings. The molecule has 0 aliphatic rings. The molecule has 0 bridgehead atoms. The molecule has 2 rings (SSSR count). The molecule has 2 aromatic rings. The second kappa shape index (κ2) is 3.81. The van der Waals surface area contributed by atoms with Gasteiger partial charge < -0.3 is 0 Å². The van der Waals surface area contributed by atoms with Crippen molar-refractivity contribution in [1.82, 2.24) is 10.2 Å². The molecule has 15 heavy (non-hydrogen) atoms. The fraction of sp³-hybridized carbons (Fsp3) is 0.182. The van der Waals surface area contributed by atoms with Gasteiger partial charge in [0.15, 0.2) is 0 Å². The Morgan fingerprint density at radius 2 is 2.07 bits per heavy atom. The predicted molar refractivity (Wildman–Crippen MR) is 53.3 cm³/mol. The first-order valence-electron chi connectivity index (χ1n) is 4.70. The maximum Gasteiger partial charge on any atom is 0.135 e. The van der Waals surface area contributed by atoms with Crippen LogP contribution in [0, 0.1) is 11.6 Å². The van der Waals surface area contributed by atoms with Crippen LogP contribution in [0.3, 0.4) is 0 Å². The Hall–Kier alpha value is -1.71. The van der Waals surface area contributed by atoms with Gasteiger partial charge in [0.05, 0.1) is 5.69 Å². The van der Waals surface area contributed by atoms with Gasteiger partial charge in [0, 0.05) is 17.3 Å². The molecule has 4 heteroatoms. The van der Waals surface area contributed by atoms with E-state index in [4.69, 9.17) is 0 Å². The fourth-order valence-electron chi connectivity index (χ4n) is 1.38. The lowest BCUT2D eigenvalue weighted by atomic mass is 10.1. The number of nitrogens with zero attached hydrogens (tertiary/aromatic N) is 1. The number of benzene rings is 1. The predicted octanol–water partition coefficient (Wildman–Crippen LogP) is 2.92. The van der Waals surface area contributed by atoms with E-state index in [9.17, 15) is 8.78 Å². The molecule has 1 N–H and O–H groups in total. The van der Waals surface area contributed by atoms with Crippen LogP contribution in [0.1, 0.15) is 12.6 Å². The molecule has 0 saturated heterocycles. The van der Waals surface area contributed by atoms with Crippen molar-refractivity contribution in [3.05, 3.63) is 41.6 Å². The van der Waals surface area contributed by atoms with E-state index in [2.05, 4.69) is 10.2 Å². The largest absolute Gasteiger partial charge is 0.282 e. The minimum atomic E-state index is -0.593. The van der Waals surface area contributed by atoms with Crippen LogP contribution < -0.4 is 0 Å². The molecule has 0 spiro atoms. The van der Waals surface area contributed by atoms with E-state index in [0.29, 0.717) is 11.3 Å². The van der Waals surface area contributed by atoms with Crippen LogP contribution in [-0.4, -0.2) is 10.2 Å². The average molecular weight is 208 g/mol. The van der Waals surface area contributed by atoms with E-state index in [0.717, 1.165) is 18.2 Å². The normalized spacial score (nSPS) is 10.6. The van der Waals surface area contributed by atoms with Crippen LogP contribution in [0.5, 0.6) is 0 Å². The molecule has 2 nitrogen and oxygen atoms in total. The smallest absolute Gasteiger partial charge is 0.135 e. The number of aryl methyl sites for hydroxylation is 1. The van der Waals surface area contributed by atoms with Crippen LogP contribution >= 0.6 is 0 Å². The first-order valence-corrected chi connectivity index (χ1v) is 4.70. The summed E-state index contributed by atoms with van der Waals surface area (Å²) in [7, 11) is 0. The van der Waals surface area contributed by atoms with Gasteiger partial charge in [-0.25, -0.2) is 8.78 Å². The lowest BCUT2D eigenvalue weighted by Gasteiger charge is -1.98. The summed E-state index contributed by atoms with van der Waals surface area (Å²) in [6.07, 6.45) is 0.801. The summed E-state index contributed by atoms with van der Waals surface area (Å²) in [5.74, 6) is -1.17. The molecule has 1 heterocycles. The zero-order valence-electron chi connectivity index (χ0n) is 8.22. The van der Waals surface area contributed by atoms with Gasteiger partial charge in [-0.2, -0.15) is 5.10 Å². The number of H-pyrrole nitrogens is 1. The molecule has 78 valence electrons. The first-order chi connectivity index (χ1) is 7.20. The molecular weight excluding hydrogens is 198 g/mol. The lowest BCUT2D eigenvalue weighted by molar-refractivity contribution is 0.585. The number of halogens is 2. The van der Waals surface area contributed by atoms with Crippen molar-refractivity contribution in [1.29, 1.82) is 0 Å². The highest BCUT2D eigenvalue weighted by Crippen LogP contribution is 2.22. The summed E-state index contributed by atoms with van der Waals surface area (Å²) in [4.78, 5) is 0. The van der Waals surface area contributed by atoms with Gasteiger partial charge in [0.1, 0.15) is 11.6 Å². The summed E-state index contributed by atoms with van der Waals surface area (Å²) in [6.45, 7) is 1.97. The quantitative estimate of drug-likeness (QED) is 0.807.